The zero-order chi connectivity index (χ0) is 25.7. The van der Waals surface area contributed by atoms with Crippen molar-refractivity contribution >= 4 is 28.3 Å². The zero-order valence-electron chi connectivity index (χ0n) is 20.2. The Morgan fingerprint density at radius 1 is 0.861 bits per heavy atom. The molecule has 0 saturated heterocycles. The van der Waals surface area contributed by atoms with Crippen LogP contribution >= 0.6 is 0 Å². The summed E-state index contributed by atoms with van der Waals surface area (Å²) in [6.45, 7) is 2.33. The normalized spacial score (nSPS) is 10.6. The van der Waals surface area contributed by atoms with E-state index in [0.717, 1.165) is 0 Å². The average Bonchev–Trinajstić information content (AvgIpc) is 2.91. The molecule has 3 aromatic carbocycles. The van der Waals surface area contributed by atoms with E-state index in [9.17, 15) is 14.4 Å². The molecule has 1 aromatic heterocycles. The molecular formula is C28H26N2O6. The number of hydrogen-bond donors (Lipinski definition) is 1. The predicted molar refractivity (Wildman–Crippen MR) is 137 cm³/mol. The number of carbonyl (C=O) groups excluding carboxylic acids is 2. The lowest BCUT2D eigenvalue weighted by atomic mass is 10.0. The summed E-state index contributed by atoms with van der Waals surface area (Å²) in [6.07, 6.45) is 1.43. The topological polar surface area (TPSA) is 95.9 Å². The summed E-state index contributed by atoms with van der Waals surface area (Å²) in [5, 5.41) is 3.12. The molecule has 1 amide bonds. The summed E-state index contributed by atoms with van der Waals surface area (Å²) < 4.78 is 17.5. The molecule has 1 heterocycles. The van der Waals surface area contributed by atoms with Gasteiger partial charge >= 0.3 is 0 Å². The number of ketones is 1. The number of methoxy groups -OCH3 is 2. The molecule has 4 rings (SSSR count). The standard InChI is InChI=1S/C28H26N2O6/c1-4-36-21-11-7-19(8-12-21)29-26(31)17-30-16-24(27(32)18-5-9-20(34-2)10-6-18)28(33)23-15-22(35-3)13-14-25(23)30/h5-16H,4,17H2,1-3H3,(H,29,31). The molecule has 184 valence electrons. The third-order valence-electron chi connectivity index (χ3n) is 5.65. The summed E-state index contributed by atoms with van der Waals surface area (Å²) in [6, 6.07) is 18.5. The minimum absolute atomic E-state index is 0.0465. The average molecular weight is 487 g/mol. The van der Waals surface area contributed by atoms with Crippen molar-refractivity contribution in [2.45, 2.75) is 13.5 Å². The summed E-state index contributed by atoms with van der Waals surface area (Å²) in [7, 11) is 3.03. The van der Waals surface area contributed by atoms with Crippen LogP contribution in [0.1, 0.15) is 22.8 Å². The van der Waals surface area contributed by atoms with Crippen LogP contribution in [0.2, 0.25) is 0 Å². The fourth-order valence-electron chi connectivity index (χ4n) is 3.85. The molecule has 0 unspecified atom stereocenters. The van der Waals surface area contributed by atoms with E-state index in [4.69, 9.17) is 14.2 Å². The Morgan fingerprint density at radius 3 is 2.14 bits per heavy atom. The van der Waals surface area contributed by atoms with Gasteiger partial charge in [0.2, 0.25) is 11.3 Å². The first-order valence-electron chi connectivity index (χ1n) is 11.4. The number of aromatic nitrogens is 1. The van der Waals surface area contributed by atoms with Crippen molar-refractivity contribution in [2.75, 3.05) is 26.1 Å². The van der Waals surface area contributed by atoms with Gasteiger partial charge < -0.3 is 24.1 Å². The molecular weight excluding hydrogens is 460 g/mol. The van der Waals surface area contributed by atoms with Crippen LogP contribution in [-0.4, -0.2) is 37.1 Å². The third-order valence-corrected chi connectivity index (χ3v) is 5.65. The van der Waals surface area contributed by atoms with E-state index in [1.165, 1.54) is 20.4 Å². The van der Waals surface area contributed by atoms with Gasteiger partial charge in [-0.1, -0.05) is 0 Å². The van der Waals surface area contributed by atoms with Gasteiger partial charge in [0, 0.05) is 17.4 Å². The van der Waals surface area contributed by atoms with Crippen molar-refractivity contribution in [3.8, 4) is 17.2 Å². The first kappa shape index (κ1) is 24.5. The van der Waals surface area contributed by atoms with Crippen molar-refractivity contribution in [1.82, 2.24) is 4.57 Å². The second kappa shape index (κ2) is 10.8. The highest BCUT2D eigenvalue weighted by molar-refractivity contribution is 6.10. The minimum Gasteiger partial charge on any atom is -0.497 e. The van der Waals surface area contributed by atoms with Crippen molar-refractivity contribution < 1.29 is 23.8 Å². The monoisotopic (exact) mass is 486 g/mol. The number of fused-ring (bicyclic) bond motifs is 1. The molecule has 8 heteroatoms. The SMILES string of the molecule is CCOc1ccc(NC(=O)Cn2cc(C(=O)c3ccc(OC)cc3)c(=O)c3cc(OC)ccc32)cc1. The Balaban J connectivity index is 1.70. The van der Waals surface area contributed by atoms with Gasteiger partial charge in [-0.2, -0.15) is 0 Å². The van der Waals surface area contributed by atoms with E-state index in [-0.39, 0.29) is 23.4 Å². The molecule has 1 N–H and O–H groups in total. The van der Waals surface area contributed by atoms with E-state index >= 15 is 0 Å². The van der Waals surface area contributed by atoms with E-state index in [1.54, 1.807) is 71.3 Å². The molecule has 0 aliphatic heterocycles. The highest BCUT2D eigenvalue weighted by atomic mass is 16.5. The number of hydrogen-bond acceptors (Lipinski definition) is 6. The molecule has 0 saturated carbocycles. The lowest BCUT2D eigenvalue weighted by Gasteiger charge is -2.14. The number of nitrogens with one attached hydrogen (secondary N) is 1. The maximum absolute atomic E-state index is 13.3. The molecule has 0 atom stereocenters. The second-order valence-electron chi connectivity index (χ2n) is 7.95. The Bertz CT molecular complexity index is 1460. The lowest BCUT2D eigenvalue weighted by Crippen LogP contribution is -2.24. The number of amides is 1. The fraction of sp³-hybridized carbons (Fsp3) is 0.179. The summed E-state index contributed by atoms with van der Waals surface area (Å²) in [5.41, 5.74) is 0.960. The zero-order valence-corrected chi connectivity index (χ0v) is 20.2. The molecule has 0 spiro atoms. The van der Waals surface area contributed by atoms with Crippen LogP contribution in [0.25, 0.3) is 10.9 Å². The first-order valence-corrected chi connectivity index (χ1v) is 11.4. The first-order chi connectivity index (χ1) is 17.4. The number of carbonyl (C=O) groups is 2. The van der Waals surface area contributed by atoms with Gasteiger partial charge in [-0.15, -0.1) is 0 Å². The molecule has 0 fully saturated rings. The van der Waals surface area contributed by atoms with Crippen molar-refractivity contribution in [2.24, 2.45) is 0 Å². The minimum atomic E-state index is -0.451. The smallest absolute Gasteiger partial charge is 0.244 e. The molecule has 0 aliphatic carbocycles. The van der Waals surface area contributed by atoms with Crippen LogP contribution in [0.5, 0.6) is 17.2 Å². The largest absolute Gasteiger partial charge is 0.497 e. The summed E-state index contributed by atoms with van der Waals surface area (Å²) in [4.78, 5) is 39.5. The molecule has 0 radical (unpaired) electrons. The number of nitrogens with zero attached hydrogens (tertiary/aromatic N) is 1. The van der Waals surface area contributed by atoms with Crippen LogP contribution in [0.4, 0.5) is 5.69 Å². The van der Waals surface area contributed by atoms with Crippen LogP contribution in [0.15, 0.2) is 77.7 Å². The lowest BCUT2D eigenvalue weighted by molar-refractivity contribution is -0.116. The van der Waals surface area contributed by atoms with E-state index in [1.807, 2.05) is 6.92 Å². The van der Waals surface area contributed by atoms with Gasteiger partial charge in [-0.05, 0) is 73.7 Å². The van der Waals surface area contributed by atoms with E-state index < -0.39 is 11.2 Å². The van der Waals surface area contributed by atoms with Crippen LogP contribution in [-0.2, 0) is 11.3 Å². The number of benzene rings is 3. The van der Waals surface area contributed by atoms with Gasteiger partial charge in [-0.3, -0.25) is 14.4 Å². The number of rotatable bonds is 9. The van der Waals surface area contributed by atoms with Gasteiger partial charge in [0.1, 0.15) is 23.8 Å². The number of pyridine rings is 1. The molecule has 8 nitrogen and oxygen atoms in total. The summed E-state index contributed by atoms with van der Waals surface area (Å²) >= 11 is 0. The highest BCUT2D eigenvalue weighted by Crippen LogP contribution is 2.21. The van der Waals surface area contributed by atoms with Crippen LogP contribution in [0.3, 0.4) is 0 Å². The Hall–Kier alpha value is -4.59. The summed E-state index contributed by atoms with van der Waals surface area (Å²) in [5.74, 6) is 1.01. The van der Waals surface area contributed by atoms with Crippen molar-refractivity contribution in [1.29, 1.82) is 0 Å². The second-order valence-corrected chi connectivity index (χ2v) is 7.95. The molecule has 0 bridgehead atoms. The molecule has 36 heavy (non-hydrogen) atoms. The van der Waals surface area contributed by atoms with Gasteiger partial charge in [-0.25, -0.2) is 0 Å². The third kappa shape index (κ3) is 5.22. The van der Waals surface area contributed by atoms with E-state index in [0.29, 0.717) is 40.6 Å². The molecule has 4 aromatic rings. The predicted octanol–water partition coefficient (Wildman–Crippen LogP) is 4.29. The van der Waals surface area contributed by atoms with Crippen molar-refractivity contribution in [3.05, 3.63) is 94.3 Å². The van der Waals surface area contributed by atoms with Crippen LogP contribution < -0.4 is 25.0 Å². The number of anilines is 1. The molecule has 0 aliphatic rings. The fourth-order valence-corrected chi connectivity index (χ4v) is 3.85. The van der Waals surface area contributed by atoms with Crippen molar-refractivity contribution in [3.63, 3.8) is 0 Å². The van der Waals surface area contributed by atoms with Gasteiger partial charge in [0.15, 0.2) is 5.78 Å². The Morgan fingerprint density at radius 2 is 1.50 bits per heavy atom. The maximum Gasteiger partial charge on any atom is 0.244 e. The Kier molecular flexibility index (Phi) is 7.34. The maximum atomic E-state index is 13.3. The van der Waals surface area contributed by atoms with E-state index in [2.05, 4.69) is 5.32 Å². The Labute approximate surface area is 208 Å². The van der Waals surface area contributed by atoms with Crippen LogP contribution in [0, 0.1) is 0 Å². The number of ether oxygens (including phenoxy) is 3. The van der Waals surface area contributed by atoms with Gasteiger partial charge in [0.05, 0.1) is 37.3 Å². The highest BCUT2D eigenvalue weighted by Gasteiger charge is 2.19. The van der Waals surface area contributed by atoms with Gasteiger partial charge in [0.25, 0.3) is 0 Å². The quantitative estimate of drug-likeness (QED) is 0.355.